The Kier molecular flexibility index (Phi) is 4.34. The number of fused-ring (bicyclic) bond motifs is 1. The van der Waals surface area contributed by atoms with Crippen molar-refractivity contribution in [2.75, 3.05) is 13.1 Å². The second-order valence-corrected chi connectivity index (χ2v) is 6.90. The highest BCUT2D eigenvalue weighted by Crippen LogP contribution is 2.17. The van der Waals surface area contributed by atoms with E-state index in [4.69, 9.17) is 0 Å². The maximum Gasteiger partial charge on any atom is 0.198 e. The van der Waals surface area contributed by atoms with Crippen LogP contribution < -0.4 is 10.3 Å². The van der Waals surface area contributed by atoms with Crippen molar-refractivity contribution in [3.63, 3.8) is 0 Å². The average molecular weight is 299 g/mol. The maximum absolute atomic E-state index is 13.0. The molecule has 1 aliphatic heterocycles. The van der Waals surface area contributed by atoms with Crippen LogP contribution in [0, 0.1) is 20.8 Å². The smallest absolute Gasteiger partial charge is 0.198 e. The van der Waals surface area contributed by atoms with Crippen LogP contribution in [0.5, 0.6) is 0 Å². The zero-order chi connectivity index (χ0) is 15.7. The van der Waals surface area contributed by atoms with Gasteiger partial charge in [-0.05, 0) is 63.6 Å². The number of H-pyrrole nitrogens is 1. The Morgan fingerprint density at radius 2 is 1.73 bits per heavy atom. The van der Waals surface area contributed by atoms with Gasteiger partial charge in [0.05, 0.1) is 24.2 Å². The summed E-state index contributed by atoms with van der Waals surface area (Å²) in [4.78, 5) is 18.0. The van der Waals surface area contributed by atoms with Crippen molar-refractivity contribution < 1.29 is 4.90 Å². The molecule has 3 rings (SSSR count). The van der Waals surface area contributed by atoms with Gasteiger partial charge < -0.3 is 9.88 Å². The maximum atomic E-state index is 13.0. The highest BCUT2D eigenvalue weighted by molar-refractivity contribution is 5.83. The molecule has 0 radical (unpaired) electrons. The minimum atomic E-state index is 0.237. The number of rotatable bonds is 2. The van der Waals surface area contributed by atoms with Gasteiger partial charge in [0, 0.05) is 11.1 Å². The molecule has 2 heterocycles. The van der Waals surface area contributed by atoms with E-state index in [0.717, 1.165) is 34.3 Å². The van der Waals surface area contributed by atoms with Crippen molar-refractivity contribution in [1.29, 1.82) is 0 Å². The van der Waals surface area contributed by atoms with E-state index in [1.165, 1.54) is 44.3 Å². The molecule has 0 aliphatic carbocycles. The van der Waals surface area contributed by atoms with Gasteiger partial charge in [-0.3, -0.25) is 4.79 Å². The van der Waals surface area contributed by atoms with Crippen LogP contribution >= 0.6 is 0 Å². The lowest BCUT2D eigenvalue weighted by Crippen LogP contribution is -3.10. The molecule has 1 aliphatic rings. The lowest BCUT2D eigenvalue weighted by molar-refractivity contribution is -0.913. The van der Waals surface area contributed by atoms with Gasteiger partial charge in [-0.15, -0.1) is 0 Å². The highest BCUT2D eigenvalue weighted by atomic mass is 16.1. The molecule has 0 spiro atoms. The van der Waals surface area contributed by atoms with Crippen molar-refractivity contribution in [2.45, 2.75) is 53.0 Å². The van der Waals surface area contributed by atoms with E-state index < -0.39 is 0 Å². The van der Waals surface area contributed by atoms with E-state index in [0.29, 0.717) is 0 Å². The predicted molar refractivity (Wildman–Crippen MR) is 91.6 cm³/mol. The summed E-state index contributed by atoms with van der Waals surface area (Å²) in [5, 5.41) is 0.875. The molecule has 2 aromatic rings. The van der Waals surface area contributed by atoms with Crippen LogP contribution in [0.25, 0.3) is 10.9 Å². The number of aromatic amines is 1. The summed E-state index contributed by atoms with van der Waals surface area (Å²) in [5.74, 6) is 0. The number of likely N-dealkylation sites (tertiary alicyclic amines) is 1. The van der Waals surface area contributed by atoms with Crippen molar-refractivity contribution in [3.05, 3.63) is 44.7 Å². The zero-order valence-corrected chi connectivity index (χ0v) is 14.0. The van der Waals surface area contributed by atoms with E-state index in [9.17, 15) is 4.79 Å². The number of benzene rings is 1. The third-order valence-electron chi connectivity index (χ3n) is 4.99. The Morgan fingerprint density at radius 1 is 1.05 bits per heavy atom. The van der Waals surface area contributed by atoms with E-state index in [1.807, 2.05) is 13.8 Å². The monoisotopic (exact) mass is 299 g/mol. The topological polar surface area (TPSA) is 37.3 Å². The first-order valence-corrected chi connectivity index (χ1v) is 8.52. The average Bonchev–Trinajstić information content (AvgIpc) is 2.70. The molecule has 118 valence electrons. The van der Waals surface area contributed by atoms with Gasteiger partial charge in [0.2, 0.25) is 0 Å². The fourth-order valence-corrected chi connectivity index (χ4v) is 3.83. The molecule has 0 bridgehead atoms. The van der Waals surface area contributed by atoms with Crippen LogP contribution in [0.3, 0.4) is 0 Å². The van der Waals surface area contributed by atoms with Gasteiger partial charge in [0.1, 0.15) is 6.54 Å². The quantitative estimate of drug-likeness (QED) is 0.878. The standard InChI is InChI=1S/C19H26N2O/c1-13-10-14(2)18-17(11-13)20-15(3)16(19(18)22)12-21-8-6-4-5-7-9-21/h10-11H,4-9,12H2,1-3H3,(H,20,22)/p+1. The molecule has 0 unspecified atom stereocenters. The van der Waals surface area contributed by atoms with Crippen LogP contribution in [0.1, 0.15) is 48.1 Å². The fourth-order valence-electron chi connectivity index (χ4n) is 3.83. The molecule has 0 saturated carbocycles. The summed E-state index contributed by atoms with van der Waals surface area (Å²) in [5.41, 5.74) is 5.53. The molecule has 22 heavy (non-hydrogen) atoms. The van der Waals surface area contributed by atoms with E-state index >= 15 is 0 Å². The van der Waals surface area contributed by atoms with Crippen molar-refractivity contribution in [1.82, 2.24) is 4.98 Å². The molecule has 1 saturated heterocycles. The molecule has 2 N–H and O–H groups in total. The first-order chi connectivity index (χ1) is 10.6. The molecular formula is C19H27N2O+. The van der Waals surface area contributed by atoms with Crippen LogP contribution in [0.4, 0.5) is 0 Å². The SMILES string of the molecule is Cc1cc(C)c2c(=O)c(C[NH+]3CCCCCC3)c(C)[nH]c2c1. The molecule has 3 heteroatoms. The van der Waals surface area contributed by atoms with Crippen molar-refractivity contribution >= 4 is 10.9 Å². The highest BCUT2D eigenvalue weighted by Gasteiger charge is 2.18. The Morgan fingerprint density at radius 3 is 2.41 bits per heavy atom. The third kappa shape index (κ3) is 2.95. The van der Waals surface area contributed by atoms with Gasteiger partial charge in [0.15, 0.2) is 5.43 Å². The summed E-state index contributed by atoms with van der Waals surface area (Å²) >= 11 is 0. The number of nitrogens with one attached hydrogen (secondary N) is 2. The van der Waals surface area contributed by atoms with Gasteiger partial charge in [-0.1, -0.05) is 6.07 Å². The lowest BCUT2D eigenvalue weighted by Gasteiger charge is -2.18. The number of hydrogen-bond acceptors (Lipinski definition) is 1. The van der Waals surface area contributed by atoms with Gasteiger partial charge >= 0.3 is 0 Å². The number of aryl methyl sites for hydroxylation is 3. The lowest BCUT2D eigenvalue weighted by atomic mass is 10.0. The number of hydrogen-bond donors (Lipinski definition) is 2. The molecule has 1 aromatic carbocycles. The predicted octanol–water partition coefficient (Wildman–Crippen LogP) is 2.41. The first-order valence-electron chi connectivity index (χ1n) is 8.52. The van der Waals surface area contributed by atoms with E-state index in [2.05, 4.69) is 24.0 Å². The van der Waals surface area contributed by atoms with Crippen LogP contribution in [0.2, 0.25) is 0 Å². The molecule has 1 fully saturated rings. The Bertz CT molecular complexity index is 737. The van der Waals surface area contributed by atoms with E-state index in [-0.39, 0.29) is 5.43 Å². The Hall–Kier alpha value is -1.61. The minimum absolute atomic E-state index is 0.237. The van der Waals surface area contributed by atoms with Crippen LogP contribution in [0.15, 0.2) is 16.9 Å². The second kappa shape index (κ2) is 6.25. The molecule has 0 atom stereocenters. The summed E-state index contributed by atoms with van der Waals surface area (Å²) in [6.07, 6.45) is 5.26. The zero-order valence-electron chi connectivity index (χ0n) is 14.0. The van der Waals surface area contributed by atoms with Crippen molar-refractivity contribution in [2.24, 2.45) is 0 Å². The molecule has 0 amide bonds. The molecule has 1 aromatic heterocycles. The van der Waals surface area contributed by atoms with Gasteiger partial charge in [-0.25, -0.2) is 0 Å². The molecule has 3 nitrogen and oxygen atoms in total. The van der Waals surface area contributed by atoms with Crippen LogP contribution in [-0.4, -0.2) is 18.1 Å². The summed E-state index contributed by atoms with van der Waals surface area (Å²) < 4.78 is 0. The summed E-state index contributed by atoms with van der Waals surface area (Å²) in [6, 6.07) is 4.19. The number of aromatic nitrogens is 1. The third-order valence-corrected chi connectivity index (χ3v) is 4.99. The largest absolute Gasteiger partial charge is 0.358 e. The second-order valence-electron chi connectivity index (χ2n) is 6.90. The minimum Gasteiger partial charge on any atom is -0.358 e. The first kappa shape index (κ1) is 15.3. The van der Waals surface area contributed by atoms with Crippen LogP contribution in [-0.2, 0) is 6.54 Å². The number of quaternary nitrogens is 1. The molecular weight excluding hydrogens is 272 g/mol. The van der Waals surface area contributed by atoms with Crippen molar-refractivity contribution in [3.8, 4) is 0 Å². The fraction of sp³-hybridized carbons (Fsp3) is 0.526. The normalized spacial score (nSPS) is 16.9. The summed E-state index contributed by atoms with van der Waals surface area (Å²) in [6.45, 7) is 9.43. The number of pyridine rings is 1. The summed E-state index contributed by atoms with van der Waals surface area (Å²) in [7, 11) is 0. The van der Waals surface area contributed by atoms with E-state index in [1.54, 1.807) is 4.90 Å². The Balaban J connectivity index is 2.04. The van der Waals surface area contributed by atoms with Gasteiger partial charge in [0.25, 0.3) is 0 Å². The Labute approximate surface area is 132 Å². The van der Waals surface area contributed by atoms with Gasteiger partial charge in [-0.2, -0.15) is 0 Å².